The highest BCUT2D eigenvalue weighted by Crippen LogP contribution is 2.11. The van der Waals surface area contributed by atoms with Crippen molar-refractivity contribution in [2.75, 3.05) is 13.1 Å². The molecule has 1 unspecified atom stereocenters. The summed E-state index contributed by atoms with van der Waals surface area (Å²) in [5.41, 5.74) is 0.795. The number of nitrogens with zero attached hydrogens (tertiary/aromatic N) is 2. The number of rotatable bonds is 4. The zero-order chi connectivity index (χ0) is 12.1. The second-order valence-electron chi connectivity index (χ2n) is 4.26. The van der Waals surface area contributed by atoms with E-state index >= 15 is 0 Å². The van der Waals surface area contributed by atoms with E-state index in [1.807, 2.05) is 6.92 Å². The number of hydrogen-bond donors (Lipinski definition) is 2. The van der Waals surface area contributed by atoms with Gasteiger partial charge in [0, 0.05) is 12.6 Å². The number of amides is 1. The Morgan fingerprint density at radius 2 is 2.47 bits per heavy atom. The molecule has 1 atom stereocenters. The summed E-state index contributed by atoms with van der Waals surface area (Å²) in [6.07, 6.45) is 4.38. The molecular formula is C11H18N4OS. The van der Waals surface area contributed by atoms with Gasteiger partial charge in [-0.1, -0.05) is 17.8 Å². The lowest BCUT2D eigenvalue weighted by atomic mass is 10.1. The zero-order valence-electron chi connectivity index (χ0n) is 10.0. The van der Waals surface area contributed by atoms with Gasteiger partial charge in [-0.05, 0) is 37.3 Å². The minimum Gasteiger partial charge on any atom is -0.350 e. The summed E-state index contributed by atoms with van der Waals surface area (Å²) in [6, 6.07) is 0.415. The molecule has 94 valence electrons. The Morgan fingerprint density at radius 1 is 1.59 bits per heavy atom. The molecule has 2 N–H and O–H groups in total. The van der Waals surface area contributed by atoms with Gasteiger partial charge in [0.2, 0.25) is 0 Å². The molecule has 0 aromatic carbocycles. The second-order valence-corrected chi connectivity index (χ2v) is 5.01. The van der Waals surface area contributed by atoms with E-state index in [1.165, 1.54) is 24.4 Å². The summed E-state index contributed by atoms with van der Waals surface area (Å²) >= 11 is 1.18. The monoisotopic (exact) mass is 254 g/mol. The molecule has 0 spiro atoms. The quantitative estimate of drug-likeness (QED) is 0.840. The molecule has 0 radical (unpaired) electrons. The van der Waals surface area contributed by atoms with Crippen LogP contribution in [0.15, 0.2) is 0 Å². The van der Waals surface area contributed by atoms with Crippen LogP contribution in [0.3, 0.4) is 0 Å². The van der Waals surface area contributed by atoms with E-state index < -0.39 is 0 Å². The Kier molecular flexibility index (Phi) is 4.44. The molecule has 0 bridgehead atoms. The molecule has 1 aromatic heterocycles. The summed E-state index contributed by atoms with van der Waals surface area (Å²) in [5, 5.41) is 10.3. The van der Waals surface area contributed by atoms with Gasteiger partial charge in [-0.25, -0.2) is 0 Å². The van der Waals surface area contributed by atoms with E-state index in [2.05, 4.69) is 20.2 Å². The van der Waals surface area contributed by atoms with Crippen molar-refractivity contribution in [3.63, 3.8) is 0 Å². The molecule has 2 rings (SSSR count). The first kappa shape index (κ1) is 12.4. The van der Waals surface area contributed by atoms with Crippen molar-refractivity contribution >= 4 is 17.4 Å². The smallest absolute Gasteiger partial charge is 0.265 e. The van der Waals surface area contributed by atoms with Crippen LogP contribution in [0.25, 0.3) is 0 Å². The normalized spacial score (nSPS) is 20.2. The first-order chi connectivity index (χ1) is 8.31. The fourth-order valence-electron chi connectivity index (χ4n) is 2.01. The fraction of sp³-hybridized carbons (Fsp3) is 0.727. The van der Waals surface area contributed by atoms with E-state index in [9.17, 15) is 4.79 Å². The third-order valence-corrected chi connectivity index (χ3v) is 3.79. The topological polar surface area (TPSA) is 66.9 Å². The van der Waals surface area contributed by atoms with Crippen LogP contribution < -0.4 is 10.6 Å². The highest BCUT2D eigenvalue weighted by atomic mass is 32.1. The highest BCUT2D eigenvalue weighted by molar-refractivity contribution is 7.08. The molecule has 2 heterocycles. The summed E-state index contributed by atoms with van der Waals surface area (Å²) in [7, 11) is 0. The number of aromatic nitrogens is 2. The van der Waals surface area contributed by atoms with Crippen LogP contribution in [-0.4, -0.2) is 34.6 Å². The molecule has 1 aromatic rings. The van der Waals surface area contributed by atoms with Crippen molar-refractivity contribution in [3.8, 4) is 0 Å². The molecule has 1 aliphatic heterocycles. The minimum absolute atomic E-state index is 0.0378. The fourth-order valence-corrected chi connectivity index (χ4v) is 2.67. The highest BCUT2D eigenvalue weighted by Gasteiger charge is 2.17. The Bertz CT molecular complexity index is 373. The number of carbonyl (C=O) groups excluding carboxylic acids is 1. The number of nitrogens with one attached hydrogen (secondary N) is 2. The molecule has 1 aliphatic rings. The van der Waals surface area contributed by atoms with E-state index in [1.54, 1.807) is 0 Å². The van der Waals surface area contributed by atoms with Crippen LogP contribution in [0.5, 0.6) is 0 Å². The van der Waals surface area contributed by atoms with Crippen LogP contribution in [0, 0.1) is 0 Å². The van der Waals surface area contributed by atoms with Gasteiger partial charge in [0.25, 0.3) is 5.91 Å². The van der Waals surface area contributed by atoms with Gasteiger partial charge in [-0.15, -0.1) is 5.10 Å². The predicted molar refractivity (Wildman–Crippen MR) is 67.3 cm³/mol. The van der Waals surface area contributed by atoms with E-state index in [-0.39, 0.29) is 5.91 Å². The van der Waals surface area contributed by atoms with Gasteiger partial charge in [-0.3, -0.25) is 4.79 Å². The average molecular weight is 254 g/mol. The summed E-state index contributed by atoms with van der Waals surface area (Å²) < 4.78 is 3.82. The SMILES string of the molecule is CCc1nnsc1C(=O)NCC1CCCCN1. The summed E-state index contributed by atoms with van der Waals surface area (Å²) in [4.78, 5) is 12.6. The third kappa shape index (κ3) is 3.23. The molecule has 0 aliphatic carbocycles. The molecule has 17 heavy (non-hydrogen) atoms. The number of hydrogen-bond acceptors (Lipinski definition) is 5. The maximum Gasteiger partial charge on any atom is 0.265 e. The molecule has 5 nitrogen and oxygen atoms in total. The van der Waals surface area contributed by atoms with E-state index in [4.69, 9.17) is 0 Å². The van der Waals surface area contributed by atoms with Crippen LogP contribution in [-0.2, 0) is 6.42 Å². The summed E-state index contributed by atoms with van der Waals surface area (Å²) in [6.45, 7) is 3.74. The Balaban J connectivity index is 1.84. The summed E-state index contributed by atoms with van der Waals surface area (Å²) in [5.74, 6) is -0.0378. The maximum absolute atomic E-state index is 11.9. The van der Waals surface area contributed by atoms with Gasteiger partial charge in [0.15, 0.2) is 0 Å². The largest absolute Gasteiger partial charge is 0.350 e. The average Bonchev–Trinajstić information content (AvgIpc) is 2.85. The molecule has 1 fully saturated rings. The van der Waals surface area contributed by atoms with Crippen molar-refractivity contribution in [3.05, 3.63) is 10.6 Å². The van der Waals surface area contributed by atoms with Crippen molar-refractivity contribution < 1.29 is 4.79 Å². The first-order valence-corrected chi connectivity index (χ1v) is 6.91. The van der Waals surface area contributed by atoms with Crippen molar-refractivity contribution in [1.29, 1.82) is 0 Å². The van der Waals surface area contributed by atoms with Gasteiger partial charge < -0.3 is 10.6 Å². The maximum atomic E-state index is 11.9. The van der Waals surface area contributed by atoms with E-state index in [0.717, 1.165) is 25.1 Å². The van der Waals surface area contributed by atoms with Crippen molar-refractivity contribution in [2.24, 2.45) is 0 Å². The van der Waals surface area contributed by atoms with Crippen LogP contribution in [0.1, 0.15) is 41.6 Å². The lowest BCUT2D eigenvalue weighted by molar-refractivity contribution is 0.0950. The predicted octanol–water partition coefficient (Wildman–Crippen LogP) is 0.972. The van der Waals surface area contributed by atoms with Gasteiger partial charge in [0.05, 0.1) is 5.69 Å². The molecule has 6 heteroatoms. The second kappa shape index (κ2) is 6.07. The van der Waals surface area contributed by atoms with Gasteiger partial charge >= 0.3 is 0 Å². The number of aryl methyl sites for hydroxylation is 1. The van der Waals surface area contributed by atoms with E-state index in [0.29, 0.717) is 17.5 Å². The standard InChI is InChI=1S/C11H18N4OS/c1-2-9-10(17-15-14-9)11(16)13-7-8-5-3-4-6-12-8/h8,12H,2-7H2,1H3,(H,13,16). The van der Waals surface area contributed by atoms with Crippen LogP contribution >= 0.6 is 11.5 Å². The Hall–Kier alpha value is -1.01. The molecule has 1 saturated heterocycles. The number of carbonyl (C=O) groups is 1. The Morgan fingerprint density at radius 3 is 3.18 bits per heavy atom. The molecular weight excluding hydrogens is 236 g/mol. The molecule has 1 amide bonds. The third-order valence-electron chi connectivity index (χ3n) is 3.02. The number of piperidine rings is 1. The van der Waals surface area contributed by atoms with Crippen LogP contribution in [0.4, 0.5) is 0 Å². The zero-order valence-corrected chi connectivity index (χ0v) is 10.8. The Labute approximate surface area is 105 Å². The minimum atomic E-state index is -0.0378. The molecule has 0 saturated carbocycles. The van der Waals surface area contributed by atoms with Crippen molar-refractivity contribution in [1.82, 2.24) is 20.2 Å². The first-order valence-electron chi connectivity index (χ1n) is 6.14. The van der Waals surface area contributed by atoms with Gasteiger partial charge in [0.1, 0.15) is 4.88 Å². The van der Waals surface area contributed by atoms with Crippen molar-refractivity contribution in [2.45, 2.75) is 38.6 Å². The van der Waals surface area contributed by atoms with Crippen LogP contribution in [0.2, 0.25) is 0 Å². The van der Waals surface area contributed by atoms with Gasteiger partial charge in [-0.2, -0.15) is 0 Å². The lowest BCUT2D eigenvalue weighted by Gasteiger charge is -2.23. The lowest BCUT2D eigenvalue weighted by Crippen LogP contribution is -2.43.